The minimum atomic E-state index is -0.372. The van der Waals surface area contributed by atoms with Gasteiger partial charge in [-0.1, -0.05) is 17.5 Å². The molecule has 0 saturated carbocycles. The summed E-state index contributed by atoms with van der Waals surface area (Å²) in [6.07, 6.45) is 0.319. The molecule has 3 atom stereocenters. The van der Waals surface area contributed by atoms with E-state index in [4.69, 9.17) is 26.8 Å². The number of nitrogens with one attached hydrogen (secondary N) is 2. The van der Waals surface area contributed by atoms with Crippen molar-refractivity contribution in [3.63, 3.8) is 0 Å². The summed E-state index contributed by atoms with van der Waals surface area (Å²) in [6, 6.07) is 2.99. The lowest BCUT2D eigenvalue weighted by atomic mass is 10.0. The second kappa shape index (κ2) is 8.95. The van der Waals surface area contributed by atoms with Crippen LogP contribution in [0.1, 0.15) is 30.6 Å². The van der Waals surface area contributed by atoms with Gasteiger partial charge in [-0.3, -0.25) is 4.79 Å². The topological polar surface area (TPSA) is 85.6 Å². The largest absolute Gasteiger partial charge is 0.477 e. The summed E-state index contributed by atoms with van der Waals surface area (Å²) in [5.41, 5.74) is 6.54. The number of halogens is 1. The fraction of sp³-hybridized carbons (Fsp3) is 0.500. The van der Waals surface area contributed by atoms with E-state index in [1.165, 1.54) is 6.07 Å². The van der Waals surface area contributed by atoms with Crippen molar-refractivity contribution >= 4 is 23.2 Å². The highest BCUT2D eigenvalue weighted by Gasteiger charge is 2.28. The lowest BCUT2D eigenvalue weighted by molar-refractivity contribution is 0.0475. The maximum atomic E-state index is 12.8. The molecule has 0 aromatic heterocycles. The molecule has 0 aliphatic carbocycles. The number of methoxy groups -OCH3 is 1. The van der Waals surface area contributed by atoms with E-state index in [1.54, 1.807) is 27.0 Å². The lowest BCUT2D eigenvalue weighted by Gasteiger charge is -2.31. The summed E-state index contributed by atoms with van der Waals surface area (Å²) in [6.45, 7) is 5.04. The van der Waals surface area contributed by atoms with Gasteiger partial charge in [-0.05, 0) is 32.9 Å². The number of piperidine rings is 1. The maximum Gasteiger partial charge on any atom is 0.255 e. The van der Waals surface area contributed by atoms with Crippen LogP contribution in [0.4, 0.5) is 5.69 Å². The molecule has 1 aromatic rings. The molecule has 25 heavy (non-hydrogen) atoms. The highest BCUT2D eigenvalue weighted by Crippen LogP contribution is 2.30. The number of anilines is 1. The van der Waals surface area contributed by atoms with Crippen LogP contribution >= 0.6 is 11.6 Å². The number of nitrogen functional groups attached to an aromatic ring is 1. The molecular formula is C18H24ClN3O3. The van der Waals surface area contributed by atoms with Gasteiger partial charge >= 0.3 is 0 Å². The first-order valence-electron chi connectivity index (χ1n) is 8.18. The van der Waals surface area contributed by atoms with Crippen LogP contribution in [0, 0.1) is 11.8 Å². The number of nitrogens with two attached hydrogens (primary N) is 1. The van der Waals surface area contributed by atoms with E-state index in [2.05, 4.69) is 22.5 Å². The molecular weight excluding hydrogens is 342 g/mol. The Bertz CT molecular complexity index is 684. The van der Waals surface area contributed by atoms with E-state index in [9.17, 15) is 4.79 Å². The molecule has 1 heterocycles. The van der Waals surface area contributed by atoms with Crippen LogP contribution < -0.4 is 21.1 Å². The van der Waals surface area contributed by atoms with Crippen molar-refractivity contribution in [2.45, 2.75) is 38.5 Å². The zero-order chi connectivity index (χ0) is 18.4. The summed E-state index contributed by atoms with van der Waals surface area (Å²) < 4.78 is 11.2. The van der Waals surface area contributed by atoms with Crippen molar-refractivity contribution in [3.8, 4) is 17.6 Å². The Kier molecular flexibility index (Phi) is 6.94. The van der Waals surface area contributed by atoms with Crippen LogP contribution in [0.5, 0.6) is 5.75 Å². The Morgan fingerprint density at radius 3 is 2.96 bits per heavy atom. The summed E-state index contributed by atoms with van der Waals surface area (Å²) >= 11 is 6.10. The molecule has 0 spiro atoms. The van der Waals surface area contributed by atoms with Crippen LogP contribution in [0.2, 0.25) is 5.02 Å². The molecule has 1 aliphatic heterocycles. The van der Waals surface area contributed by atoms with Crippen molar-refractivity contribution in [2.75, 3.05) is 25.9 Å². The van der Waals surface area contributed by atoms with Gasteiger partial charge in [-0.15, -0.1) is 5.92 Å². The fourth-order valence-corrected chi connectivity index (χ4v) is 2.92. The molecule has 4 N–H and O–H groups in total. The lowest BCUT2D eigenvalue weighted by Crippen LogP contribution is -2.53. The zero-order valence-electron chi connectivity index (χ0n) is 14.7. The monoisotopic (exact) mass is 365 g/mol. The molecule has 2 unspecified atom stereocenters. The van der Waals surface area contributed by atoms with Crippen LogP contribution in [0.3, 0.4) is 0 Å². The SMILES string of the molecule is CC#C[C@H](C)Oc1cc(N)c(Cl)cc1C(=O)NC1CCNCC1OC. The molecule has 1 aromatic carbocycles. The molecule has 2 rings (SSSR count). The minimum Gasteiger partial charge on any atom is -0.477 e. The van der Waals surface area contributed by atoms with Gasteiger partial charge in [0.2, 0.25) is 0 Å². The van der Waals surface area contributed by atoms with Gasteiger partial charge in [-0.2, -0.15) is 0 Å². The molecule has 1 amide bonds. The van der Waals surface area contributed by atoms with E-state index >= 15 is 0 Å². The first-order chi connectivity index (χ1) is 12.0. The molecule has 1 saturated heterocycles. The van der Waals surface area contributed by atoms with Crippen LogP contribution in [0.15, 0.2) is 12.1 Å². The summed E-state index contributed by atoms with van der Waals surface area (Å²) in [5, 5.41) is 6.56. The average molecular weight is 366 g/mol. The number of ether oxygens (including phenoxy) is 2. The van der Waals surface area contributed by atoms with E-state index in [0.29, 0.717) is 28.6 Å². The van der Waals surface area contributed by atoms with Crippen LogP contribution in [0.25, 0.3) is 0 Å². The van der Waals surface area contributed by atoms with E-state index in [0.717, 1.165) is 13.0 Å². The molecule has 136 valence electrons. The quantitative estimate of drug-likeness (QED) is 0.547. The predicted molar refractivity (Wildman–Crippen MR) is 98.9 cm³/mol. The summed E-state index contributed by atoms with van der Waals surface area (Å²) in [5.74, 6) is 5.75. The zero-order valence-corrected chi connectivity index (χ0v) is 15.4. The number of carbonyl (C=O) groups is 1. The molecule has 0 radical (unpaired) electrons. The van der Waals surface area contributed by atoms with Crippen molar-refractivity contribution in [2.24, 2.45) is 0 Å². The number of carbonyl (C=O) groups excluding carboxylic acids is 1. The molecule has 1 aliphatic rings. The Morgan fingerprint density at radius 2 is 2.28 bits per heavy atom. The van der Waals surface area contributed by atoms with Gasteiger partial charge in [-0.25, -0.2) is 0 Å². The first-order valence-corrected chi connectivity index (χ1v) is 8.56. The second-order valence-corrected chi connectivity index (χ2v) is 6.28. The first kappa shape index (κ1) is 19.4. The van der Waals surface area contributed by atoms with E-state index in [1.807, 2.05) is 0 Å². The highest BCUT2D eigenvalue weighted by atomic mass is 35.5. The van der Waals surface area contributed by atoms with Gasteiger partial charge in [0.1, 0.15) is 5.75 Å². The fourth-order valence-electron chi connectivity index (χ4n) is 2.76. The van der Waals surface area contributed by atoms with Gasteiger partial charge in [0.15, 0.2) is 6.10 Å². The Labute approximate surface area is 153 Å². The average Bonchev–Trinajstić information content (AvgIpc) is 2.58. The van der Waals surface area contributed by atoms with E-state index in [-0.39, 0.29) is 24.2 Å². The van der Waals surface area contributed by atoms with Crippen molar-refractivity contribution < 1.29 is 14.3 Å². The number of benzene rings is 1. The van der Waals surface area contributed by atoms with Gasteiger partial charge in [0.05, 0.1) is 28.4 Å². The molecule has 1 fully saturated rings. The van der Waals surface area contributed by atoms with Crippen molar-refractivity contribution in [1.82, 2.24) is 10.6 Å². The van der Waals surface area contributed by atoms with Crippen molar-refractivity contribution in [3.05, 3.63) is 22.7 Å². The van der Waals surface area contributed by atoms with Crippen molar-refractivity contribution in [1.29, 1.82) is 0 Å². The van der Waals surface area contributed by atoms with Crippen LogP contribution in [-0.4, -0.2) is 44.4 Å². The maximum absolute atomic E-state index is 12.8. The van der Waals surface area contributed by atoms with E-state index < -0.39 is 0 Å². The third-order valence-corrected chi connectivity index (χ3v) is 4.37. The van der Waals surface area contributed by atoms with Gasteiger partial charge < -0.3 is 25.8 Å². The number of hydrogen-bond donors (Lipinski definition) is 3. The molecule has 6 nitrogen and oxygen atoms in total. The standard InChI is InChI=1S/C18H24ClN3O3/c1-4-5-11(2)25-16-9-14(20)13(19)8-12(16)18(23)22-15-6-7-21-10-17(15)24-3/h8-9,11,15,17,21H,6-7,10,20H2,1-3H3,(H,22,23)/t11-,15?,17?/m0/s1. The highest BCUT2D eigenvalue weighted by molar-refractivity contribution is 6.33. The third kappa shape index (κ3) is 5.02. The Morgan fingerprint density at radius 1 is 1.52 bits per heavy atom. The van der Waals surface area contributed by atoms with Gasteiger partial charge in [0, 0.05) is 19.7 Å². The minimum absolute atomic E-state index is 0.0868. The second-order valence-electron chi connectivity index (χ2n) is 5.87. The molecule has 7 heteroatoms. The molecule has 0 bridgehead atoms. The summed E-state index contributed by atoms with van der Waals surface area (Å²) in [4.78, 5) is 12.8. The predicted octanol–water partition coefficient (Wildman–Crippen LogP) is 1.82. The summed E-state index contributed by atoms with van der Waals surface area (Å²) in [7, 11) is 1.64. The van der Waals surface area contributed by atoms with Gasteiger partial charge in [0.25, 0.3) is 5.91 Å². The number of rotatable bonds is 5. The Balaban J connectivity index is 2.24. The number of amides is 1. The Hall–Kier alpha value is -1.94. The van der Waals surface area contributed by atoms with Crippen LogP contribution in [-0.2, 0) is 4.74 Å². The normalized spacial score (nSPS) is 21.0. The number of hydrogen-bond acceptors (Lipinski definition) is 5. The third-order valence-electron chi connectivity index (χ3n) is 4.04. The smallest absolute Gasteiger partial charge is 0.255 e.